The number of rotatable bonds is 2. The monoisotopic (exact) mass is 400 g/mol. The van der Waals surface area contributed by atoms with Crippen LogP contribution < -0.4 is 5.32 Å². The highest BCUT2D eigenvalue weighted by atomic mass is 19.4. The van der Waals surface area contributed by atoms with Crippen molar-refractivity contribution in [3.05, 3.63) is 76.5 Å². The normalized spacial score (nSPS) is 19.5. The van der Waals surface area contributed by atoms with Crippen molar-refractivity contribution in [2.45, 2.75) is 25.6 Å². The molecular weight excluding hydrogens is 385 g/mol. The van der Waals surface area contributed by atoms with Gasteiger partial charge in [0, 0.05) is 6.42 Å². The Morgan fingerprint density at radius 1 is 0.931 bits per heavy atom. The Kier molecular flexibility index (Phi) is 4.29. The van der Waals surface area contributed by atoms with E-state index in [9.17, 15) is 27.6 Å². The molecule has 148 valence electrons. The summed E-state index contributed by atoms with van der Waals surface area (Å²) in [5.41, 5.74) is 1.10. The van der Waals surface area contributed by atoms with Gasteiger partial charge in [-0.2, -0.15) is 13.2 Å². The fraction of sp³-hybridized carbons (Fsp3) is 0.190. The van der Waals surface area contributed by atoms with Gasteiger partial charge < -0.3 is 5.32 Å². The first-order chi connectivity index (χ1) is 13.7. The van der Waals surface area contributed by atoms with Crippen LogP contribution in [0.4, 0.5) is 13.2 Å². The maximum absolute atomic E-state index is 13.4. The van der Waals surface area contributed by atoms with Gasteiger partial charge in [-0.15, -0.1) is 0 Å². The second-order valence-electron chi connectivity index (χ2n) is 6.96. The molecule has 1 unspecified atom stereocenters. The minimum atomic E-state index is -4.67. The van der Waals surface area contributed by atoms with E-state index in [0.29, 0.717) is 10.5 Å². The number of halogens is 3. The van der Waals surface area contributed by atoms with Crippen molar-refractivity contribution in [1.29, 1.82) is 0 Å². The number of aryl methyl sites for hydroxylation is 1. The summed E-state index contributed by atoms with van der Waals surface area (Å²) in [6.45, 7) is 1.81. The molecule has 3 amide bonds. The van der Waals surface area contributed by atoms with Crippen molar-refractivity contribution in [1.82, 2.24) is 10.2 Å². The Balaban J connectivity index is 1.89. The van der Waals surface area contributed by atoms with Crippen LogP contribution in [0.3, 0.4) is 0 Å². The highest BCUT2D eigenvalue weighted by Crippen LogP contribution is 2.38. The number of amides is 3. The minimum Gasteiger partial charge on any atom is -0.339 e. The van der Waals surface area contributed by atoms with E-state index in [1.165, 1.54) is 12.1 Å². The lowest BCUT2D eigenvalue weighted by Crippen LogP contribution is -2.52. The molecule has 2 aliphatic heterocycles. The highest BCUT2D eigenvalue weighted by Gasteiger charge is 2.48. The zero-order chi connectivity index (χ0) is 20.9. The van der Waals surface area contributed by atoms with Gasteiger partial charge in [-0.25, -0.2) is 4.90 Å². The number of nitrogens with zero attached hydrogens (tertiary/aromatic N) is 1. The topological polar surface area (TPSA) is 66.5 Å². The van der Waals surface area contributed by atoms with E-state index < -0.39 is 36.4 Å². The summed E-state index contributed by atoms with van der Waals surface area (Å²) in [6, 6.07) is 10.5. The first-order valence-corrected chi connectivity index (χ1v) is 8.84. The Morgan fingerprint density at radius 3 is 2.00 bits per heavy atom. The van der Waals surface area contributed by atoms with E-state index in [2.05, 4.69) is 0 Å². The summed E-state index contributed by atoms with van der Waals surface area (Å²) in [5, 5.41) is 1.89. The van der Waals surface area contributed by atoms with Gasteiger partial charge in [0.05, 0.1) is 11.1 Å². The van der Waals surface area contributed by atoms with Crippen molar-refractivity contribution in [2.75, 3.05) is 0 Å². The fourth-order valence-electron chi connectivity index (χ4n) is 3.55. The molecule has 2 aliphatic rings. The molecule has 2 aromatic rings. The smallest absolute Gasteiger partial charge is 0.339 e. The zero-order valence-corrected chi connectivity index (χ0v) is 15.2. The number of nitrogens with one attached hydrogen (secondary N) is 1. The molecule has 1 N–H and O–H groups in total. The summed E-state index contributed by atoms with van der Waals surface area (Å²) in [7, 11) is 0. The summed E-state index contributed by atoms with van der Waals surface area (Å²) >= 11 is 0. The quantitative estimate of drug-likeness (QED) is 0.786. The molecule has 2 heterocycles. The lowest BCUT2D eigenvalue weighted by molar-refractivity contribution is -0.160. The average molecular weight is 400 g/mol. The summed E-state index contributed by atoms with van der Waals surface area (Å²) in [6.07, 6.45) is -5.25. The first-order valence-electron chi connectivity index (χ1n) is 8.84. The molecule has 5 nitrogen and oxygen atoms in total. The second-order valence-corrected chi connectivity index (χ2v) is 6.96. The summed E-state index contributed by atoms with van der Waals surface area (Å²) < 4.78 is 40.1. The van der Waals surface area contributed by atoms with Crippen LogP contribution in [-0.4, -0.2) is 34.8 Å². The Morgan fingerprint density at radius 2 is 1.48 bits per heavy atom. The third kappa shape index (κ3) is 3.10. The van der Waals surface area contributed by atoms with Crippen molar-refractivity contribution in [3.63, 3.8) is 0 Å². The lowest BCUT2D eigenvalue weighted by Gasteiger charge is -2.32. The average Bonchev–Trinajstić information content (AvgIpc) is 2.92. The Hall–Kier alpha value is -3.42. The number of imide groups is 1. The van der Waals surface area contributed by atoms with Crippen LogP contribution in [0, 0.1) is 6.92 Å². The molecule has 0 radical (unpaired) electrons. The lowest BCUT2D eigenvalue weighted by atomic mass is 9.91. The summed E-state index contributed by atoms with van der Waals surface area (Å²) in [5.74, 6) is -2.57. The molecule has 29 heavy (non-hydrogen) atoms. The van der Waals surface area contributed by atoms with Crippen LogP contribution in [0.25, 0.3) is 5.57 Å². The number of alkyl halides is 3. The standard InChI is InChI=1S/C21H15F3N2O3/c1-11-6-8-12(9-7-11)15-10-16(21(22,23)24)25-18(27)17(15)26-19(28)13-4-2-3-5-14(13)20(26)29/h2-9,16H,10H2,1H3,(H,25,27). The van der Waals surface area contributed by atoms with Gasteiger partial charge in [-0.05, 0) is 30.2 Å². The molecule has 0 saturated heterocycles. The molecule has 0 saturated carbocycles. The predicted octanol–water partition coefficient (Wildman–Crippen LogP) is 3.45. The predicted molar refractivity (Wildman–Crippen MR) is 97.6 cm³/mol. The summed E-state index contributed by atoms with van der Waals surface area (Å²) in [4.78, 5) is 39.1. The van der Waals surface area contributed by atoms with Crippen LogP contribution in [-0.2, 0) is 4.79 Å². The molecule has 8 heteroatoms. The van der Waals surface area contributed by atoms with Crippen molar-refractivity contribution >= 4 is 23.3 Å². The van der Waals surface area contributed by atoms with Crippen LogP contribution in [0.5, 0.6) is 0 Å². The molecule has 1 atom stereocenters. The number of hydrogen-bond donors (Lipinski definition) is 1. The van der Waals surface area contributed by atoms with Crippen LogP contribution in [0.15, 0.2) is 54.2 Å². The van der Waals surface area contributed by atoms with E-state index in [1.807, 2.05) is 12.2 Å². The van der Waals surface area contributed by atoms with E-state index in [0.717, 1.165) is 5.56 Å². The van der Waals surface area contributed by atoms with E-state index in [1.54, 1.807) is 36.4 Å². The molecule has 0 aliphatic carbocycles. The van der Waals surface area contributed by atoms with Crippen LogP contribution in [0.1, 0.15) is 38.3 Å². The largest absolute Gasteiger partial charge is 0.408 e. The molecule has 0 bridgehead atoms. The van der Waals surface area contributed by atoms with Gasteiger partial charge in [-0.3, -0.25) is 14.4 Å². The number of carbonyl (C=O) groups excluding carboxylic acids is 3. The maximum atomic E-state index is 13.4. The van der Waals surface area contributed by atoms with Crippen molar-refractivity contribution in [2.24, 2.45) is 0 Å². The zero-order valence-electron chi connectivity index (χ0n) is 15.2. The Bertz CT molecular complexity index is 1040. The van der Waals surface area contributed by atoms with Gasteiger partial charge in [0.15, 0.2) is 0 Å². The van der Waals surface area contributed by atoms with Gasteiger partial charge in [-0.1, -0.05) is 42.0 Å². The van der Waals surface area contributed by atoms with Crippen LogP contribution in [0.2, 0.25) is 0 Å². The Labute approximate surface area is 163 Å². The van der Waals surface area contributed by atoms with Gasteiger partial charge in [0.1, 0.15) is 11.7 Å². The molecular formula is C21H15F3N2O3. The molecule has 0 aromatic heterocycles. The molecule has 4 rings (SSSR count). The van der Waals surface area contributed by atoms with E-state index >= 15 is 0 Å². The number of benzene rings is 2. The third-order valence-electron chi connectivity index (χ3n) is 5.03. The van der Waals surface area contributed by atoms with Crippen LogP contribution >= 0.6 is 0 Å². The van der Waals surface area contributed by atoms with Crippen molar-refractivity contribution < 1.29 is 27.6 Å². The van der Waals surface area contributed by atoms with Crippen molar-refractivity contribution in [3.8, 4) is 0 Å². The molecule has 0 fully saturated rings. The molecule has 2 aromatic carbocycles. The minimum absolute atomic E-state index is 0.00517. The fourth-order valence-corrected chi connectivity index (χ4v) is 3.55. The second kappa shape index (κ2) is 6.58. The SMILES string of the molecule is Cc1ccc(C2=C(N3C(=O)c4ccccc4C3=O)C(=O)NC(C(F)(F)F)C2)cc1. The number of fused-ring (bicyclic) bond motifs is 1. The highest BCUT2D eigenvalue weighted by molar-refractivity contribution is 6.26. The van der Waals surface area contributed by atoms with Gasteiger partial charge in [0.25, 0.3) is 17.7 Å². The number of carbonyl (C=O) groups is 3. The molecule has 0 spiro atoms. The number of hydrogen-bond acceptors (Lipinski definition) is 3. The van der Waals surface area contributed by atoms with Gasteiger partial charge >= 0.3 is 6.18 Å². The maximum Gasteiger partial charge on any atom is 0.408 e. The third-order valence-corrected chi connectivity index (χ3v) is 5.03. The van der Waals surface area contributed by atoms with E-state index in [-0.39, 0.29) is 22.4 Å². The van der Waals surface area contributed by atoms with Gasteiger partial charge in [0.2, 0.25) is 0 Å². The first kappa shape index (κ1) is 18.9. The van der Waals surface area contributed by atoms with E-state index in [4.69, 9.17) is 0 Å².